The van der Waals surface area contributed by atoms with Gasteiger partial charge in [-0.1, -0.05) is 6.07 Å². The minimum atomic E-state index is -1.40. The van der Waals surface area contributed by atoms with Crippen molar-refractivity contribution < 1.29 is 32.6 Å². The highest BCUT2D eigenvalue weighted by atomic mass is 19.1. The lowest BCUT2D eigenvalue weighted by atomic mass is 10.1. The number of pyridine rings is 1. The van der Waals surface area contributed by atoms with E-state index in [1.807, 2.05) is 0 Å². The molecule has 0 fully saturated rings. The van der Waals surface area contributed by atoms with E-state index in [-0.39, 0.29) is 30.8 Å². The Bertz CT molecular complexity index is 943. The molecule has 2 rings (SSSR count). The summed E-state index contributed by atoms with van der Waals surface area (Å²) in [5, 5.41) is 14.5. The first-order valence-corrected chi connectivity index (χ1v) is 10.7. The van der Waals surface area contributed by atoms with Crippen LogP contribution in [0.3, 0.4) is 0 Å². The van der Waals surface area contributed by atoms with Gasteiger partial charge in [0.2, 0.25) is 17.7 Å². The maximum absolute atomic E-state index is 14.1. The maximum atomic E-state index is 14.1. The number of carbonyl (C=O) groups is 2. The number of benzene rings is 1. The predicted molar refractivity (Wildman–Crippen MR) is 115 cm³/mol. The molecule has 33 heavy (non-hydrogen) atoms. The van der Waals surface area contributed by atoms with E-state index in [1.165, 1.54) is 19.2 Å². The lowest BCUT2D eigenvalue weighted by molar-refractivity contribution is -0.129. The van der Waals surface area contributed by atoms with E-state index in [0.29, 0.717) is 37.9 Å². The molecular formula is C23H28F3N3O4. The fourth-order valence-electron chi connectivity index (χ4n) is 3.07. The summed E-state index contributed by atoms with van der Waals surface area (Å²) in [5.41, 5.74) is 0.847. The largest absolute Gasteiger partial charge is 0.505 e. The number of amides is 2. The number of rotatable bonds is 13. The Labute approximate surface area is 190 Å². The van der Waals surface area contributed by atoms with Gasteiger partial charge in [-0.3, -0.25) is 9.59 Å². The van der Waals surface area contributed by atoms with E-state index in [9.17, 15) is 27.9 Å². The Morgan fingerprint density at radius 2 is 1.70 bits per heavy atom. The van der Waals surface area contributed by atoms with E-state index >= 15 is 0 Å². The van der Waals surface area contributed by atoms with Crippen LogP contribution in [0.5, 0.6) is 11.6 Å². The quantitative estimate of drug-likeness (QED) is 0.309. The van der Waals surface area contributed by atoms with Crippen molar-refractivity contribution >= 4 is 11.8 Å². The highest BCUT2D eigenvalue weighted by Crippen LogP contribution is 2.27. The molecule has 0 saturated carbocycles. The molecule has 0 aliphatic rings. The molecule has 2 amide bonds. The topological polar surface area (TPSA) is 101 Å². The average Bonchev–Trinajstić information content (AvgIpc) is 2.79. The number of aryl methyl sites for hydroxylation is 1. The van der Waals surface area contributed by atoms with Gasteiger partial charge in [-0.15, -0.1) is 0 Å². The van der Waals surface area contributed by atoms with Crippen LogP contribution in [0.1, 0.15) is 49.5 Å². The SMILES string of the molecule is COc1nc(CCCCNC(=O)CC(=O)NCCCC(F)c2ccc(F)c(O)c2)ccc1F. The van der Waals surface area contributed by atoms with E-state index in [4.69, 9.17) is 4.74 Å². The smallest absolute Gasteiger partial charge is 0.250 e. The summed E-state index contributed by atoms with van der Waals surface area (Å²) in [6, 6.07) is 6.17. The van der Waals surface area contributed by atoms with Crippen molar-refractivity contribution in [1.29, 1.82) is 0 Å². The third-order valence-corrected chi connectivity index (χ3v) is 4.86. The van der Waals surface area contributed by atoms with Crippen molar-refractivity contribution in [2.24, 2.45) is 0 Å². The second kappa shape index (κ2) is 13.3. The normalized spacial score (nSPS) is 11.6. The summed E-state index contributed by atoms with van der Waals surface area (Å²) < 4.78 is 45.3. The van der Waals surface area contributed by atoms with Gasteiger partial charge in [0.15, 0.2) is 17.4 Å². The number of carbonyl (C=O) groups excluding carboxylic acids is 2. The minimum absolute atomic E-state index is 0.0522. The zero-order valence-electron chi connectivity index (χ0n) is 18.4. The van der Waals surface area contributed by atoms with Crippen molar-refractivity contribution in [1.82, 2.24) is 15.6 Å². The Morgan fingerprint density at radius 3 is 2.36 bits per heavy atom. The molecule has 7 nitrogen and oxygen atoms in total. The first-order valence-electron chi connectivity index (χ1n) is 10.7. The average molecular weight is 467 g/mol. The summed E-state index contributed by atoms with van der Waals surface area (Å²) in [5.74, 6) is -2.89. The molecule has 1 atom stereocenters. The highest BCUT2D eigenvalue weighted by Gasteiger charge is 2.13. The molecule has 1 aromatic carbocycles. The van der Waals surface area contributed by atoms with Gasteiger partial charge in [0.25, 0.3) is 0 Å². The minimum Gasteiger partial charge on any atom is -0.505 e. The second-order valence-electron chi connectivity index (χ2n) is 7.45. The number of methoxy groups -OCH3 is 1. The van der Waals surface area contributed by atoms with Gasteiger partial charge in [0, 0.05) is 18.8 Å². The van der Waals surface area contributed by atoms with Crippen molar-refractivity contribution in [3.05, 3.63) is 53.2 Å². The zero-order chi connectivity index (χ0) is 24.2. The number of halogens is 3. The van der Waals surface area contributed by atoms with E-state index in [2.05, 4.69) is 15.6 Å². The summed E-state index contributed by atoms with van der Waals surface area (Å²) in [6.45, 7) is 0.576. The fourth-order valence-corrected chi connectivity index (χ4v) is 3.07. The van der Waals surface area contributed by atoms with Gasteiger partial charge in [-0.2, -0.15) is 0 Å². The van der Waals surface area contributed by atoms with Crippen LogP contribution in [-0.2, 0) is 16.0 Å². The molecular weight excluding hydrogens is 439 g/mol. The third kappa shape index (κ3) is 8.99. The zero-order valence-corrected chi connectivity index (χ0v) is 18.4. The van der Waals surface area contributed by atoms with E-state index in [0.717, 1.165) is 12.1 Å². The lowest BCUT2D eigenvalue weighted by Crippen LogP contribution is -2.32. The molecule has 1 unspecified atom stereocenters. The number of aromatic nitrogens is 1. The highest BCUT2D eigenvalue weighted by molar-refractivity contribution is 5.96. The van der Waals surface area contributed by atoms with Crippen molar-refractivity contribution in [3.63, 3.8) is 0 Å². The van der Waals surface area contributed by atoms with Crippen LogP contribution in [-0.4, -0.2) is 42.1 Å². The molecule has 3 N–H and O–H groups in total. The standard InChI is InChI=1S/C23H28F3N3O4/c1-33-23-19(26)10-8-16(29-23)5-2-3-11-27-21(31)14-22(32)28-12-4-6-17(24)15-7-9-18(25)20(30)13-15/h7-10,13,17,30H,2-6,11-12,14H2,1H3,(H,27,31)(H,28,32). The molecule has 2 aromatic rings. The van der Waals surface area contributed by atoms with Gasteiger partial charge in [0.05, 0.1) is 7.11 Å². The maximum Gasteiger partial charge on any atom is 0.250 e. The molecule has 0 aliphatic heterocycles. The van der Waals surface area contributed by atoms with Crippen molar-refractivity contribution in [3.8, 4) is 11.6 Å². The number of alkyl halides is 1. The van der Waals surface area contributed by atoms with Crippen LogP contribution < -0.4 is 15.4 Å². The van der Waals surface area contributed by atoms with E-state index < -0.39 is 35.4 Å². The van der Waals surface area contributed by atoms with Gasteiger partial charge >= 0.3 is 0 Å². The molecule has 1 aromatic heterocycles. The number of hydrogen-bond donors (Lipinski definition) is 3. The molecule has 180 valence electrons. The Morgan fingerprint density at radius 1 is 1.03 bits per heavy atom. The summed E-state index contributed by atoms with van der Waals surface area (Å²) in [7, 11) is 1.35. The molecule has 0 bridgehead atoms. The molecule has 0 saturated heterocycles. The molecule has 1 heterocycles. The number of unbranched alkanes of at least 4 members (excludes halogenated alkanes) is 1. The van der Waals surface area contributed by atoms with Gasteiger partial charge in [-0.05, 0) is 61.9 Å². The monoisotopic (exact) mass is 467 g/mol. The number of ether oxygens (including phenoxy) is 1. The Hall–Kier alpha value is -3.30. The first kappa shape index (κ1) is 26.0. The van der Waals surface area contributed by atoms with Gasteiger partial charge < -0.3 is 20.5 Å². The molecule has 0 radical (unpaired) electrons. The number of hydrogen-bond acceptors (Lipinski definition) is 5. The molecule has 0 aliphatic carbocycles. The Kier molecular flexibility index (Phi) is 10.5. The number of phenolic OH excluding ortho intramolecular Hbond substituents is 1. The van der Waals surface area contributed by atoms with Crippen molar-refractivity contribution in [2.45, 2.75) is 44.7 Å². The van der Waals surface area contributed by atoms with Crippen LogP contribution in [0.15, 0.2) is 30.3 Å². The van der Waals surface area contributed by atoms with Crippen LogP contribution in [0, 0.1) is 11.6 Å². The van der Waals surface area contributed by atoms with E-state index in [1.54, 1.807) is 6.07 Å². The number of aromatic hydroxyl groups is 1. The second-order valence-corrected chi connectivity index (χ2v) is 7.45. The summed E-state index contributed by atoms with van der Waals surface area (Å²) >= 11 is 0. The molecule has 0 spiro atoms. The number of nitrogens with one attached hydrogen (secondary N) is 2. The Balaban J connectivity index is 1.55. The van der Waals surface area contributed by atoms with Crippen LogP contribution in [0.25, 0.3) is 0 Å². The van der Waals surface area contributed by atoms with Crippen molar-refractivity contribution in [2.75, 3.05) is 20.2 Å². The first-order chi connectivity index (χ1) is 15.8. The lowest BCUT2D eigenvalue weighted by Gasteiger charge is -2.10. The fraction of sp³-hybridized carbons (Fsp3) is 0.435. The summed E-state index contributed by atoms with van der Waals surface area (Å²) in [4.78, 5) is 27.7. The predicted octanol–water partition coefficient (Wildman–Crippen LogP) is 3.51. The summed E-state index contributed by atoms with van der Waals surface area (Å²) in [6.07, 6.45) is 0.627. The van der Waals surface area contributed by atoms with Crippen LogP contribution in [0.2, 0.25) is 0 Å². The van der Waals surface area contributed by atoms with Crippen LogP contribution in [0.4, 0.5) is 13.2 Å². The number of nitrogens with zero attached hydrogens (tertiary/aromatic N) is 1. The molecule has 10 heteroatoms. The van der Waals surface area contributed by atoms with Gasteiger partial charge in [0.1, 0.15) is 12.6 Å². The number of phenols is 1. The van der Waals surface area contributed by atoms with Gasteiger partial charge in [-0.25, -0.2) is 18.2 Å². The van der Waals surface area contributed by atoms with Crippen LogP contribution >= 0.6 is 0 Å². The third-order valence-electron chi connectivity index (χ3n) is 4.86.